The monoisotopic (exact) mass is 329 g/mol. The van der Waals surface area contributed by atoms with E-state index in [0.29, 0.717) is 17.4 Å². The molecule has 19 heavy (non-hydrogen) atoms. The van der Waals surface area contributed by atoms with E-state index in [1.807, 2.05) is 0 Å². The van der Waals surface area contributed by atoms with E-state index < -0.39 is 17.7 Å². The van der Waals surface area contributed by atoms with Crippen LogP contribution in [0.2, 0.25) is 0 Å². The van der Waals surface area contributed by atoms with Gasteiger partial charge in [0.05, 0.1) is 12.0 Å². The van der Waals surface area contributed by atoms with E-state index in [9.17, 15) is 14.0 Å². The molecule has 2 rings (SSSR count). The molecule has 0 aliphatic carbocycles. The van der Waals surface area contributed by atoms with Crippen LogP contribution in [-0.2, 0) is 4.79 Å². The van der Waals surface area contributed by atoms with Gasteiger partial charge in [-0.15, -0.1) is 0 Å². The number of rotatable bonds is 3. The summed E-state index contributed by atoms with van der Waals surface area (Å²) in [5.41, 5.74) is -0.0280. The van der Waals surface area contributed by atoms with Gasteiger partial charge in [0, 0.05) is 17.1 Å². The number of carbonyl (C=O) groups excluding carboxylic acids is 1. The summed E-state index contributed by atoms with van der Waals surface area (Å²) in [4.78, 5) is 24.6. The summed E-state index contributed by atoms with van der Waals surface area (Å²) in [5, 5.41) is 8.83. The molecule has 1 saturated heterocycles. The summed E-state index contributed by atoms with van der Waals surface area (Å²) in [6, 6.07) is 3.98. The lowest BCUT2D eigenvalue weighted by Crippen LogP contribution is -2.37. The Labute approximate surface area is 118 Å². The first-order chi connectivity index (χ1) is 9.00. The predicted molar refractivity (Wildman–Crippen MR) is 70.4 cm³/mol. The average Bonchev–Trinajstić information content (AvgIpc) is 2.75. The zero-order chi connectivity index (χ0) is 14.0. The number of amides is 1. The van der Waals surface area contributed by atoms with Crippen molar-refractivity contribution >= 4 is 27.8 Å². The van der Waals surface area contributed by atoms with Crippen LogP contribution in [0.1, 0.15) is 29.6 Å². The summed E-state index contributed by atoms with van der Waals surface area (Å²) in [6.07, 6.45) is 1.29. The van der Waals surface area contributed by atoms with E-state index in [4.69, 9.17) is 5.11 Å². The van der Waals surface area contributed by atoms with Gasteiger partial charge in [-0.05, 0) is 40.9 Å². The maximum absolute atomic E-state index is 13.8. The zero-order valence-corrected chi connectivity index (χ0v) is 11.7. The molecule has 1 aliphatic rings. The number of nitrogens with zero attached hydrogens (tertiary/aromatic N) is 1. The highest BCUT2D eigenvalue weighted by Crippen LogP contribution is 2.27. The molecule has 4 nitrogen and oxygen atoms in total. The number of carboxylic acids is 1. The van der Waals surface area contributed by atoms with Gasteiger partial charge in [-0.3, -0.25) is 9.59 Å². The first kappa shape index (κ1) is 14.0. The van der Waals surface area contributed by atoms with E-state index >= 15 is 0 Å². The number of hydrogen-bond donors (Lipinski definition) is 1. The smallest absolute Gasteiger partial charge is 0.305 e. The maximum atomic E-state index is 13.8. The quantitative estimate of drug-likeness (QED) is 0.927. The van der Waals surface area contributed by atoms with E-state index in [1.165, 1.54) is 17.0 Å². The maximum Gasteiger partial charge on any atom is 0.305 e. The van der Waals surface area contributed by atoms with Crippen LogP contribution < -0.4 is 0 Å². The van der Waals surface area contributed by atoms with Crippen molar-refractivity contribution in [3.63, 3.8) is 0 Å². The Bertz CT molecular complexity index is 500. The Morgan fingerprint density at radius 2 is 2.21 bits per heavy atom. The number of carbonyl (C=O) groups is 2. The van der Waals surface area contributed by atoms with Gasteiger partial charge in [-0.1, -0.05) is 6.07 Å². The fourth-order valence-corrected chi connectivity index (χ4v) is 2.87. The number of halogens is 2. The van der Waals surface area contributed by atoms with Crippen LogP contribution >= 0.6 is 15.9 Å². The van der Waals surface area contributed by atoms with Crippen molar-refractivity contribution in [3.8, 4) is 0 Å². The van der Waals surface area contributed by atoms with Gasteiger partial charge < -0.3 is 10.0 Å². The molecule has 0 radical (unpaired) electrons. The molecule has 1 N–H and O–H groups in total. The van der Waals surface area contributed by atoms with Gasteiger partial charge in [0.1, 0.15) is 5.82 Å². The van der Waals surface area contributed by atoms with Crippen LogP contribution in [0.3, 0.4) is 0 Å². The Balaban J connectivity index is 2.26. The topological polar surface area (TPSA) is 57.6 Å². The number of hydrogen-bond acceptors (Lipinski definition) is 2. The number of carboxylic acid groups (broad SMARTS) is 1. The highest BCUT2D eigenvalue weighted by atomic mass is 79.9. The molecule has 1 amide bonds. The van der Waals surface area contributed by atoms with Crippen molar-refractivity contribution in [2.24, 2.45) is 0 Å². The third-order valence-corrected chi connectivity index (χ3v) is 3.89. The van der Waals surface area contributed by atoms with Crippen molar-refractivity contribution in [3.05, 3.63) is 34.1 Å². The molecule has 1 fully saturated rings. The fraction of sp³-hybridized carbons (Fsp3) is 0.385. The second-order valence-corrected chi connectivity index (χ2v) is 5.34. The van der Waals surface area contributed by atoms with Gasteiger partial charge >= 0.3 is 5.97 Å². The standard InChI is InChI=1S/C13H13BrFNO3/c14-9-4-1-5-10(15)12(9)13(19)16-6-2-3-8(16)7-11(17)18/h1,4-5,8H,2-3,6-7H2,(H,17,18). The highest BCUT2D eigenvalue weighted by Gasteiger charge is 2.32. The lowest BCUT2D eigenvalue weighted by molar-refractivity contribution is -0.137. The minimum Gasteiger partial charge on any atom is -0.481 e. The van der Waals surface area contributed by atoms with Gasteiger partial charge in [-0.25, -0.2) is 4.39 Å². The number of aliphatic carboxylic acids is 1. The third kappa shape index (κ3) is 2.94. The van der Waals surface area contributed by atoms with Crippen molar-refractivity contribution in [1.82, 2.24) is 4.90 Å². The number of likely N-dealkylation sites (tertiary alicyclic amines) is 1. The Morgan fingerprint density at radius 3 is 2.84 bits per heavy atom. The van der Waals surface area contributed by atoms with Crippen LogP contribution in [0.4, 0.5) is 4.39 Å². The normalized spacial score (nSPS) is 18.6. The van der Waals surface area contributed by atoms with Gasteiger partial charge in [0.25, 0.3) is 5.91 Å². The summed E-state index contributed by atoms with van der Waals surface area (Å²) < 4.78 is 14.1. The first-order valence-corrected chi connectivity index (χ1v) is 6.76. The Morgan fingerprint density at radius 1 is 1.47 bits per heavy atom. The van der Waals surface area contributed by atoms with Crippen molar-refractivity contribution in [1.29, 1.82) is 0 Å². The molecule has 1 aromatic rings. The molecule has 1 heterocycles. The largest absolute Gasteiger partial charge is 0.481 e. The summed E-state index contributed by atoms with van der Waals surface area (Å²) in [6.45, 7) is 0.470. The third-order valence-electron chi connectivity index (χ3n) is 3.22. The minimum atomic E-state index is -0.947. The molecule has 1 atom stereocenters. The molecule has 1 aliphatic heterocycles. The van der Waals surface area contributed by atoms with Crippen molar-refractivity contribution in [2.75, 3.05) is 6.54 Å². The lowest BCUT2D eigenvalue weighted by Gasteiger charge is -2.24. The molecule has 1 unspecified atom stereocenters. The molecule has 1 aromatic carbocycles. The van der Waals surface area contributed by atoms with Gasteiger partial charge in [-0.2, -0.15) is 0 Å². The van der Waals surface area contributed by atoms with Crippen molar-refractivity contribution < 1.29 is 19.1 Å². The summed E-state index contributed by atoms with van der Waals surface area (Å²) >= 11 is 3.16. The fourth-order valence-electron chi connectivity index (χ4n) is 2.36. The molecule has 6 heteroatoms. The second kappa shape index (κ2) is 5.69. The average molecular weight is 330 g/mol. The zero-order valence-electron chi connectivity index (χ0n) is 10.1. The second-order valence-electron chi connectivity index (χ2n) is 4.49. The summed E-state index contributed by atoms with van der Waals surface area (Å²) in [7, 11) is 0. The van der Waals surface area contributed by atoms with E-state index in [0.717, 1.165) is 6.42 Å². The lowest BCUT2D eigenvalue weighted by atomic mass is 10.1. The van der Waals surface area contributed by atoms with E-state index in [1.54, 1.807) is 6.07 Å². The van der Waals surface area contributed by atoms with Crippen LogP contribution in [0, 0.1) is 5.82 Å². The van der Waals surface area contributed by atoms with Crippen LogP contribution in [0.25, 0.3) is 0 Å². The molecule has 0 saturated carbocycles. The summed E-state index contributed by atoms with van der Waals surface area (Å²) in [5.74, 6) is -1.99. The molecule has 0 bridgehead atoms. The van der Waals surface area contributed by atoms with Gasteiger partial charge in [0.2, 0.25) is 0 Å². The molecular weight excluding hydrogens is 317 g/mol. The van der Waals surface area contributed by atoms with Crippen molar-refractivity contribution in [2.45, 2.75) is 25.3 Å². The molecule has 0 aromatic heterocycles. The SMILES string of the molecule is O=C(O)CC1CCCN1C(=O)c1c(F)cccc1Br. The highest BCUT2D eigenvalue weighted by molar-refractivity contribution is 9.10. The first-order valence-electron chi connectivity index (χ1n) is 5.97. The molecule has 0 spiro atoms. The Hall–Kier alpha value is -1.43. The molecule has 102 valence electrons. The van der Waals surface area contributed by atoms with E-state index in [-0.39, 0.29) is 18.0 Å². The van der Waals surface area contributed by atoms with E-state index in [2.05, 4.69) is 15.9 Å². The number of benzene rings is 1. The minimum absolute atomic E-state index is 0.0280. The Kier molecular flexibility index (Phi) is 4.19. The van der Waals surface area contributed by atoms with Crippen LogP contribution in [0.5, 0.6) is 0 Å². The molecular formula is C13H13BrFNO3. The van der Waals surface area contributed by atoms with Crippen LogP contribution in [-0.4, -0.2) is 34.5 Å². The van der Waals surface area contributed by atoms with Gasteiger partial charge in [0.15, 0.2) is 0 Å². The van der Waals surface area contributed by atoms with Crippen LogP contribution in [0.15, 0.2) is 22.7 Å². The predicted octanol–water partition coefficient (Wildman–Crippen LogP) is 2.67.